The van der Waals surface area contributed by atoms with Crippen LogP contribution < -0.4 is 134 Å². The first-order valence-electron chi connectivity index (χ1n) is 33.3. The molecule has 0 saturated heterocycles. The zero-order valence-electron chi connectivity index (χ0n) is 57.4. The number of nitrogens with zero attached hydrogens (tertiary/aromatic N) is 4. The fourth-order valence-corrected chi connectivity index (χ4v) is 14.5. The van der Waals surface area contributed by atoms with E-state index in [4.69, 9.17) is 55.3 Å². The number of benzene rings is 12. The molecule has 0 amide bonds. The van der Waals surface area contributed by atoms with Crippen molar-refractivity contribution in [2.45, 2.75) is 52.7 Å². The molecule has 0 aliphatic heterocycles. The van der Waals surface area contributed by atoms with Crippen molar-refractivity contribution >= 4 is 175 Å². The number of rotatable bonds is 11. The molecule has 538 valence electrons. The first kappa shape index (κ1) is 71.4. The van der Waals surface area contributed by atoms with Crippen LogP contribution in [-0.2, 0) is 36.2 Å². The van der Waals surface area contributed by atoms with E-state index in [1.54, 1.807) is 48.5 Å². The highest BCUT2D eigenvalue weighted by molar-refractivity contribution is 6.24. The minimum atomic E-state index is -0.654. The van der Waals surface area contributed by atoms with E-state index in [9.17, 15) is 76.7 Å². The van der Waals surface area contributed by atoms with Crippen LogP contribution in [0.2, 0.25) is 0 Å². The SMILES string of the molecule is CCCCn1c(=O)c2c(N)c3c(=O)c4ccccc4c(=O)c3c(N)c2c1=O.CCOCCCn1c(=O)c2c(N)c3c(=O)c4ccccc4c(=O)c3c(N)c2c1=O.COCCn1c(=O)c2c(N)c3c(=O)c4ccccc4c(=O)c3c(N)c2c1=O.Cn1c(=O)c2c(N)c3c(=O)c4ccccc4c(=O)c3c(N)c2c1=O. The van der Waals surface area contributed by atoms with Gasteiger partial charge in [-0.05, 0) is 19.8 Å². The molecule has 0 aliphatic carbocycles. The Kier molecular flexibility index (Phi) is 17.8. The number of anilines is 8. The summed E-state index contributed by atoms with van der Waals surface area (Å²) in [4.78, 5) is 205. The predicted octanol–water partition coefficient (Wildman–Crippen LogP) is 2.12. The maximum Gasteiger partial charge on any atom is 0.263 e. The van der Waals surface area contributed by atoms with E-state index >= 15 is 0 Å². The number of unbranched alkanes of at least 4 members (excludes halogenated alkanes) is 1. The largest absolute Gasteiger partial charge is 0.397 e. The molecule has 0 bridgehead atoms. The van der Waals surface area contributed by atoms with Crippen molar-refractivity contribution in [3.63, 3.8) is 0 Å². The van der Waals surface area contributed by atoms with Crippen LogP contribution in [0.15, 0.2) is 174 Å². The van der Waals surface area contributed by atoms with E-state index in [1.165, 1.54) is 62.7 Å². The Bertz CT molecular complexity index is 6970. The normalized spacial score (nSPS) is 11.7. The van der Waals surface area contributed by atoms with Gasteiger partial charge in [-0.1, -0.05) is 110 Å². The number of nitrogen functional groups attached to an aromatic ring is 8. The third-order valence-electron chi connectivity index (χ3n) is 19.7. The molecule has 0 fully saturated rings. The second-order valence-electron chi connectivity index (χ2n) is 25.5. The number of hydrogen-bond donors (Lipinski definition) is 8. The second-order valence-corrected chi connectivity index (χ2v) is 25.5. The summed E-state index contributed by atoms with van der Waals surface area (Å²) in [5, 5.41) is -0.116. The monoisotopic (exact) mass is 1440 g/mol. The Morgan fingerprint density at radius 1 is 0.271 bits per heavy atom. The standard InChI is InChI=1S/C21H19N3O5.C20H17N3O4.C19H15N3O5.C17H11N3O4/c1-2-29-9-5-8-24-20(27)14-15(21(24)28)17(23)13-12(16(14)22)18(25)10-6-3-4-7-11(10)19(13)26;1-2-3-8-23-19(26)13-14(20(23)27)16(22)12-11(15(13)21)17(24)9-6-4-5-7-10(9)18(12)25;1-27-7-6-22-18(25)12-13(19(22)26)15(21)11-10(14(12)20)16(23)8-4-2-3-5-9(8)17(11)24;1-20-16(23)10-11(17(20)24)13(19)9-8(12(10)18)14(21)6-4-2-3-5-7(6)15(9)22/h3-4,6-7H,2,5,8-9,22-23H2,1H3;4-7H,2-3,8,21-22H2,1H3;2-5H,6-7,20-21H2,1H3;2-5H,18-19H2,1H3. The van der Waals surface area contributed by atoms with Gasteiger partial charge in [-0.15, -0.1) is 0 Å². The van der Waals surface area contributed by atoms with Crippen LogP contribution in [0.3, 0.4) is 0 Å². The average molecular weight is 1440 g/mol. The van der Waals surface area contributed by atoms with Gasteiger partial charge in [0.25, 0.3) is 44.5 Å². The number of methoxy groups -OCH3 is 1. The topological polar surface area (TPSA) is 519 Å². The molecule has 0 spiro atoms. The van der Waals surface area contributed by atoms with E-state index in [-0.39, 0.29) is 201 Å². The lowest BCUT2D eigenvalue weighted by atomic mass is 9.97. The quantitative estimate of drug-likeness (QED) is 0.0398. The van der Waals surface area contributed by atoms with Crippen molar-refractivity contribution in [3.05, 3.63) is 262 Å². The van der Waals surface area contributed by atoms with Crippen LogP contribution in [-0.4, -0.2) is 45.2 Å². The van der Waals surface area contributed by atoms with Crippen LogP contribution >= 0.6 is 0 Å². The highest BCUT2D eigenvalue weighted by Gasteiger charge is 2.30. The van der Waals surface area contributed by atoms with E-state index < -0.39 is 87.9 Å². The summed E-state index contributed by atoms with van der Waals surface area (Å²) >= 11 is 0. The molecule has 0 radical (unpaired) electrons. The summed E-state index contributed by atoms with van der Waals surface area (Å²) < 4.78 is 14.1. The fourth-order valence-electron chi connectivity index (χ4n) is 14.5. The van der Waals surface area contributed by atoms with Gasteiger partial charge in [-0.2, -0.15) is 0 Å². The summed E-state index contributed by atoms with van der Waals surface area (Å²) in [7, 11) is 2.73. The molecule has 16 N–H and O–H groups in total. The predicted molar refractivity (Wildman–Crippen MR) is 422 cm³/mol. The Hall–Kier alpha value is -14.0. The number of aromatic nitrogens is 4. The van der Waals surface area contributed by atoms with Gasteiger partial charge in [0, 0.05) is 83.6 Å². The number of nitrogens with two attached hydrogens (primary N) is 8. The third kappa shape index (κ3) is 10.4. The molecular formula is C77H62N12O18. The maximum absolute atomic E-state index is 13.0. The highest BCUT2D eigenvalue weighted by atomic mass is 16.5. The van der Waals surface area contributed by atoms with Crippen molar-refractivity contribution < 1.29 is 9.47 Å². The van der Waals surface area contributed by atoms with Crippen LogP contribution in [0.4, 0.5) is 45.5 Å². The van der Waals surface area contributed by atoms with Gasteiger partial charge in [-0.3, -0.25) is 95.0 Å². The smallest absolute Gasteiger partial charge is 0.263 e. The molecule has 0 atom stereocenters. The Morgan fingerprint density at radius 2 is 0.467 bits per heavy atom. The minimum Gasteiger partial charge on any atom is -0.397 e. The summed E-state index contributed by atoms with van der Waals surface area (Å²) in [5.41, 5.74) is 38.7. The Morgan fingerprint density at radius 3 is 0.664 bits per heavy atom. The number of hydrogen-bond acceptors (Lipinski definition) is 26. The van der Waals surface area contributed by atoms with Crippen molar-refractivity contribution in [1.29, 1.82) is 0 Å². The molecule has 30 heteroatoms. The van der Waals surface area contributed by atoms with Crippen molar-refractivity contribution in [3.8, 4) is 0 Å². The highest BCUT2D eigenvalue weighted by Crippen LogP contribution is 2.36. The fraction of sp³-hybridized carbons (Fsp3) is 0.169. The van der Waals surface area contributed by atoms with Crippen molar-refractivity contribution in [2.75, 3.05) is 72.8 Å². The summed E-state index contributed by atoms with van der Waals surface area (Å²) in [6.07, 6.45) is 1.87. The van der Waals surface area contributed by atoms with Crippen LogP contribution in [0, 0.1) is 0 Å². The first-order chi connectivity index (χ1) is 51.0. The van der Waals surface area contributed by atoms with Gasteiger partial charge in [0.05, 0.1) is 145 Å². The molecule has 30 nitrogen and oxygen atoms in total. The zero-order valence-corrected chi connectivity index (χ0v) is 57.4. The van der Waals surface area contributed by atoms with Crippen molar-refractivity contribution in [2.24, 2.45) is 7.05 Å². The first-order valence-corrected chi connectivity index (χ1v) is 33.3. The zero-order chi connectivity index (χ0) is 77.1. The van der Waals surface area contributed by atoms with Gasteiger partial charge < -0.3 is 55.3 Å². The summed E-state index contributed by atoms with van der Waals surface area (Å²) in [5.74, 6) is 0. The Labute approximate surface area is 594 Å². The molecule has 0 saturated carbocycles. The third-order valence-corrected chi connectivity index (χ3v) is 19.7. The lowest BCUT2D eigenvalue weighted by Crippen LogP contribution is -2.27. The Balaban J connectivity index is 0.000000126. The van der Waals surface area contributed by atoms with Gasteiger partial charge in [0.1, 0.15) is 0 Å². The average Bonchev–Trinajstić information content (AvgIpc) is 1.67. The molecular weight excluding hydrogens is 1380 g/mol. The molecule has 12 aromatic carbocycles. The van der Waals surface area contributed by atoms with E-state index in [0.29, 0.717) is 26.1 Å². The number of ether oxygens (including phenoxy) is 2. The minimum absolute atomic E-state index is 0.00844. The summed E-state index contributed by atoms with van der Waals surface area (Å²) in [6.45, 7) is 5.20. The van der Waals surface area contributed by atoms with E-state index in [2.05, 4.69) is 0 Å². The molecule has 16 rings (SSSR count). The lowest BCUT2D eigenvalue weighted by molar-refractivity contribution is 0.141. The van der Waals surface area contributed by atoms with E-state index in [1.807, 2.05) is 13.8 Å². The maximum atomic E-state index is 13.0. The molecule has 4 heterocycles. The molecule has 0 aliphatic rings. The molecule has 107 heavy (non-hydrogen) atoms. The van der Waals surface area contributed by atoms with Crippen LogP contribution in [0.5, 0.6) is 0 Å². The van der Waals surface area contributed by atoms with Gasteiger partial charge in [0.15, 0.2) is 43.4 Å². The summed E-state index contributed by atoms with van der Waals surface area (Å²) in [6, 6.07) is 25.2. The molecule has 0 unspecified atom stereocenters. The van der Waals surface area contributed by atoms with Gasteiger partial charge in [-0.25, -0.2) is 0 Å². The van der Waals surface area contributed by atoms with Crippen LogP contribution in [0.25, 0.3) is 129 Å². The molecule has 4 aromatic heterocycles. The van der Waals surface area contributed by atoms with Gasteiger partial charge in [0.2, 0.25) is 0 Å². The van der Waals surface area contributed by atoms with Gasteiger partial charge >= 0.3 is 0 Å². The molecule has 16 aromatic rings. The van der Waals surface area contributed by atoms with E-state index in [0.717, 1.165) is 24.7 Å². The lowest BCUT2D eigenvalue weighted by Gasteiger charge is -2.07. The number of fused-ring (bicyclic) bond motifs is 12. The van der Waals surface area contributed by atoms with Crippen LogP contribution in [0.1, 0.15) is 33.1 Å². The van der Waals surface area contributed by atoms with Crippen molar-refractivity contribution in [1.82, 2.24) is 18.3 Å². The second kappa shape index (κ2) is 26.7.